The first-order valence-corrected chi connectivity index (χ1v) is 7.94. The van der Waals surface area contributed by atoms with E-state index in [4.69, 9.17) is 4.42 Å². The van der Waals surface area contributed by atoms with Gasteiger partial charge in [0.25, 0.3) is 0 Å². The molecule has 0 aromatic carbocycles. The lowest BCUT2D eigenvalue weighted by atomic mass is 10.5. The largest absolute Gasteiger partial charge is 0.424 e. The van der Waals surface area contributed by atoms with Crippen LogP contribution in [0.25, 0.3) is 0 Å². The van der Waals surface area contributed by atoms with Crippen LogP contribution in [0.3, 0.4) is 0 Å². The molecule has 0 fully saturated rings. The van der Waals surface area contributed by atoms with Crippen LogP contribution >= 0.6 is 23.1 Å². The van der Waals surface area contributed by atoms with Crippen molar-refractivity contribution in [1.82, 2.24) is 30.4 Å². The van der Waals surface area contributed by atoms with Crippen LogP contribution in [0.2, 0.25) is 0 Å². The molecular weight excluding hydrogens is 296 g/mol. The van der Waals surface area contributed by atoms with Crippen LogP contribution in [-0.2, 0) is 18.7 Å². The molecule has 0 aliphatic carbocycles. The number of tetrazole rings is 1. The van der Waals surface area contributed by atoms with Crippen LogP contribution in [0.4, 0.5) is 0 Å². The average Bonchev–Trinajstić information content (AvgIpc) is 3.19. The minimum absolute atomic E-state index is 0.567. The quantitative estimate of drug-likeness (QED) is 0.644. The Balaban J connectivity index is 1.64. The van der Waals surface area contributed by atoms with E-state index in [2.05, 4.69) is 31.8 Å². The average molecular weight is 308 g/mol. The minimum atomic E-state index is 0.567. The Morgan fingerprint density at radius 3 is 2.95 bits per heavy atom. The molecule has 0 bridgehead atoms. The lowest BCUT2D eigenvalue weighted by Gasteiger charge is -2.00. The van der Waals surface area contributed by atoms with Gasteiger partial charge in [-0.15, -0.1) is 26.6 Å². The van der Waals surface area contributed by atoms with Gasteiger partial charge in [0.2, 0.25) is 16.9 Å². The molecule has 0 unspecified atom stereocenters. The van der Waals surface area contributed by atoms with Crippen molar-refractivity contribution in [3.05, 3.63) is 34.2 Å². The first-order chi connectivity index (χ1) is 9.85. The molecule has 3 heterocycles. The molecule has 0 saturated heterocycles. The van der Waals surface area contributed by atoms with Crippen LogP contribution < -0.4 is 0 Å². The summed E-state index contributed by atoms with van der Waals surface area (Å²) in [4.78, 5) is 1.21. The van der Waals surface area contributed by atoms with Crippen molar-refractivity contribution in [2.45, 2.75) is 30.8 Å². The van der Waals surface area contributed by atoms with E-state index in [9.17, 15) is 0 Å². The summed E-state index contributed by atoms with van der Waals surface area (Å²) in [5, 5.41) is 22.4. The molecule has 0 N–H and O–H groups in total. The third kappa shape index (κ3) is 3.05. The number of hydrogen-bond acceptors (Lipinski definition) is 8. The molecule has 3 aromatic heterocycles. The SMILES string of the molecule is CCc1nnc(CSc2nnnn2Cc2cccs2)o1. The summed E-state index contributed by atoms with van der Waals surface area (Å²) in [5.74, 6) is 1.81. The van der Waals surface area contributed by atoms with Crippen molar-refractivity contribution in [3.8, 4) is 0 Å². The number of thioether (sulfide) groups is 1. The van der Waals surface area contributed by atoms with E-state index < -0.39 is 0 Å². The molecule has 0 amide bonds. The van der Waals surface area contributed by atoms with Gasteiger partial charge in [-0.3, -0.25) is 0 Å². The molecule has 0 radical (unpaired) electrons. The predicted molar refractivity (Wildman–Crippen MR) is 74.5 cm³/mol. The van der Waals surface area contributed by atoms with Gasteiger partial charge in [-0.2, -0.15) is 0 Å². The van der Waals surface area contributed by atoms with E-state index in [0.717, 1.165) is 11.6 Å². The maximum atomic E-state index is 5.46. The van der Waals surface area contributed by atoms with E-state index in [1.165, 1.54) is 16.6 Å². The van der Waals surface area contributed by atoms with Gasteiger partial charge in [0, 0.05) is 11.3 Å². The van der Waals surface area contributed by atoms with Crippen LogP contribution in [0.15, 0.2) is 27.1 Å². The molecule has 9 heteroatoms. The van der Waals surface area contributed by atoms with Crippen LogP contribution in [0.1, 0.15) is 23.6 Å². The van der Waals surface area contributed by atoms with Crippen LogP contribution in [0, 0.1) is 0 Å². The van der Waals surface area contributed by atoms with Crippen LogP contribution in [0.5, 0.6) is 0 Å². The smallest absolute Gasteiger partial charge is 0.226 e. The molecule has 0 spiro atoms. The highest BCUT2D eigenvalue weighted by molar-refractivity contribution is 7.98. The minimum Gasteiger partial charge on any atom is -0.424 e. The number of hydrogen-bond donors (Lipinski definition) is 0. The Morgan fingerprint density at radius 2 is 2.20 bits per heavy atom. The van der Waals surface area contributed by atoms with Gasteiger partial charge in [-0.25, -0.2) is 4.68 Å². The number of rotatable bonds is 6. The van der Waals surface area contributed by atoms with Gasteiger partial charge in [0.05, 0.1) is 12.3 Å². The molecular formula is C11H12N6OS2. The third-order valence-electron chi connectivity index (χ3n) is 2.52. The van der Waals surface area contributed by atoms with E-state index in [1.807, 2.05) is 18.4 Å². The normalized spacial score (nSPS) is 11.1. The summed E-state index contributed by atoms with van der Waals surface area (Å²) >= 11 is 3.17. The van der Waals surface area contributed by atoms with Crippen molar-refractivity contribution in [2.24, 2.45) is 0 Å². The maximum absolute atomic E-state index is 5.46. The topological polar surface area (TPSA) is 82.5 Å². The number of thiophene rings is 1. The van der Waals surface area contributed by atoms with Gasteiger partial charge in [0.1, 0.15) is 0 Å². The van der Waals surface area contributed by atoms with E-state index in [1.54, 1.807) is 16.0 Å². The van der Waals surface area contributed by atoms with Gasteiger partial charge in [0.15, 0.2) is 0 Å². The summed E-state index contributed by atoms with van der Waals surface area (Å²) in [5.41, 5.74) is 0. The highest BCUT2D eigenvalue weighted by Crippen LogP contribution is 2.20. The van der Waals surface area contributed by atoms with Crippen LogP contribution in [-0.4, -0.2) is 30.4 Å². The summed E-state index contributed by atoms with van der Waals surface area (Å²) in [6.07, 6.45) is 0.744. The molecule has 0 saturated carbocycles. The number of aromatic nitrogens is 6. The predicted octanol–water partition coefficient (Wildman–Crippen LogP) is 2.02. The lowest BCUT2D eigenvalue weighted by molar-refractivity contribution is 0.469. The molecule has 3 rings (SSSR count). The third-order valence-corrected chi connectivity index (χ3v) is 4.32. The zero-order valence-corrected chi connectivity index (χ0v) is 12.4. The molecule has 20 heavy (non-hydrogen) atoms. The van der Waals surface area contributed by atoms with Gasteiger partial charge < -0.3 is 4.42 Å². The lowest BCUT2D eigenvalue weighted by Crippen LogP contribution is -2.02. The Labute approximate surface area is 123 Å². The second kappa shape index (κ2) is 6.14. The van der Waals surface area contributed by atoms with Crippen molar-refractivity contribution in [2.75, 3.05) is 0 Å². The summed E-state index contributed by atoms with van der Waals surface area (Å²) in [6.45, 7) is 2.66. The van der Waals surface area contributed by atoms with Gasteiger partial charge >= 0.3 is 0 Å². The zero-order chi connectivity index (χ0) is 13.8. The second-order valence-corrected chi connectivity index (χ2v) is 5.90. The van der Waals surface area contributed by atoms with E-state index >= 15 is 0 Å². The van der Waals surface area contributed by atoms with Crippen molar-refractivity contribution < 1.29 is 4.42 Å². The molecule has 7 nitrogen and oxygen atoms in total. The fourth-order valence-electron chi connectivity index (χ4n) is 1.57. The van der Waals surface area contributed by atoms with E-state index in [-0.39, 0.29) is 0 Å². The highest BCUT2D eigenvalue weighted by atomic mass is 32.2. The highest BCUT2D eigenvalue weighted by Gasteiger charge is 2.11. The van der Waals surface area contributed by atoms with Crippen molar-refractivity contribution in [3.63, 3.8) is 0 Å². The van der Waals surface area contributed by atoms with Crippen molar-refractivity contribution in [1.29, 1.82) is 0 Å². The molecule has 104 valence electrons. The fourth-order valence-corrected chi connectivity index (χ4v) is 2.96. The standard InChI is InChI=1S/C11H12N6OS2/c1-2-9-12-13-10(18-9)7-20-11-14-15-16-17(11)6-8-4-3-5-19-8/h3-5H,2,6-7H2,1H3. The fraction of sp³-hybridized carbons (Fsp3) is 0.364. The summed E-state index contributed by atoms with van der Waals surface area (Å²) < 4.78 is 7.23. The molecule has 3 aromatic rings. The molecule has 0 aliphatic heterocycles. The molecule has 0 atom stereocenters. The maximum Gasteiger partial charge on any atom is 0.226 e. The summed E-state index contributed by atoms with van der Waals surface area (Å²) in [7, 11) is 0. The Kier molecular flexibility index (Phi) is 4.07. The van der Waals surface area contributed by atoms with Gasteiger partial charge in [-0.05, 0) is 21.9 Å². The number of nitrogens with zero attached hydrogens (tertiary/aromatic N) is 6. The number of aryl methyl sites for hydroxylation is 1. The Morgan fingerprint density at radius 1 is 1.30 bits per heavy atom. The van der Waals surface area contributed by atoms with Crippen molar-refractivity contribution >= 4 is 23.1 Å². The van der Waals surface area contributed by atoms with E-state index in [0.29, 0.717) is 24.1 Å². The molecule has 0 aliphatic rings. The Bertz CT molecular complexity index is 662. The first-order valence-electron chi connectivity index (χ1n) is 6.07. The first kappa shape index (κ1) is 13.3. The zero-order valence-electron chi connectivity index (χ0n) is 10.8. The second-order valence-electron chi connectivity index (χ2n) is 3.93. The Hall–Kier alpha value is -1.74. The summed E-state index contributed by atoms with van der Waals surface area (Å²) in [6, 6.07) is 4.08. The monoisotopic (exact) mass is 308 g/mol. The van der Waals surface area contributed by atoms with Gasteiger partial charge in [-0.1, -0.05) is 24.8 Å².